The second-order valence-corrected chi connectivity index (χ2v) is 5.99. The highest BCUT2D eigenvalue weighted by Crippen LogP contribution is 2.27. The second-order valence-electron chi connectivity index (χ2n) is 5.99. The van der Waals surface area contributed by atoms with Gasteiger partial charge in [-0.1, -0.05) is 18.2 Å². The average Bonchev–Trinajstić information content (AvgIpc) is 3.09. The largest absolute Gasteiger partial charge is 0.455 e. The summed E-state index contributed by atoms with van der Waals surface area (Å²) in [4.78, 5) is 34.6. The Balaban J connectivity index is 1.62. The van der Waals surface area contributed by atoms with E-state index in [0.717, 1.165) is 6.42 Å². The summed E-state index contributed by atoms with van der Waals surface area (Å²) in [5.41, 5.74) is 0.563. The SMILES string of the molecule is O=C(O[C@H]1CCC[C@H]1OC(=O)c1ccccc1)c1ccc([N+](=O)[O-])cc1. The van der Waals surface area contributed by atoms with E-state index in [2.05, 4.69) is 0 Å². The molecule has 7 nitrogen and oxygen atoms in total. The smallest absolute Gasteiger partial charge is 0.338 e. The first-order valence-electron chi connectivity index (χ1n) is 8.26. The normalized spacial score (nSPS) is 18.9. The van der Waals surface area contributed by atoms with Crippen LogP contribution in [0.2, 0.25) is 0 Å². The lowest BCUT2D eigenvalue weighted by molar-refractivity contribution is -0.384. The van der Waals surface area contributed by atoms with Gasteiger partial charge in [0.15, 0.2) is 0 Å². The Morgan fingerprint density at radius 2 is 1.35 bits per heavy atom. The standard InChI is InChI=1S/C19H17NO6/c21-18(13-5-2-1-3-6-13)25-16-7-4-8-17(16)26-19(22)14-9-11-15(12-10-14)20(23)24/h1-3,5-6,9-12,16-17H,4,7-8H2/t16-,17+/m1/s1. The van der Waals surface area contributed by atoms with Crippen molar-refractivity contribution < 1.29 is 24.0 Å². The third-order valence-corrected chi connectivity index (χ3v) is 4.23. The molecule has 1 aliphatic rings. The molecule has 0 N–H and O–H groups in total. The molecule has 2 aromatic rings. The quantitative estimate of drug-likeness (QED) is 0.462. The molecule has 1 fully saturated rings. The van der Waals surface area contributed by atoms with Crippen LogP contribution >= 0.6 is 0 Å². The average molecular weight is 355 g/mol. The number of non-ortho nitro benzene ring substituents is 1. The van der Waals surface area contributed by atoms with E-state index in [9.17, 15) is 19.7 Å². The molecule has 0 amide bonds. The number of esters is 2. The summed E-state index contributed by atoms with van der Waals surface area (Å²) in [6, 6.07) is 13.8. The van der Waals surface area contributed by atoms with Crippen molar-refractivity contribution in [2.24, 2.45) is 0 Å². The van der Waals surface area contributed by atoms with Crippen molar-refractivity contribution >= 4 is 17.6 Å². The third kappa shape index (κ3) is 4.05. The van der Waals surface area contributed by atoms with Gasteiger partial charge in [-0.05, 0) is 43.5 Å². The highest BCUT2D eigenvalue weighted by molar-refractivity contribution is 5.90. The van der Waals surface area contributed by atoms with Crippen molar-refractivity contribution in [2.45, 2.75) is 31.5 Å². The summed E-state index contributed by atoms with van der Waals surface area (Å²) in [6.07, 6.45) is 0.989. The molecule has 0 bridgehead atoms. The Kier molecular flexibility index (Phi) is 5.26. The van der Waals surface area contributed by atoms with Crippen LogP contribution in [-0.2, 0) is 9.47 Å². The Bertz CT molecular complexity index is 803. The summed E-state index contributed by atoms with van der Waals surface area (Å²) in [6.45, 7) is 0. The van der Waals surface area contributed by atoms with Crippen LogP contribution in [0.3, 0.4) is 0 Å². The number of benzene rings is 2. The number of nitro benzene ring substituents is 1. The molecule has 1 aliphatic carbocycles. The molecule has 7 heteroatoms. The topological polar surface area (TPSA) is 95.7 Å². The third-order valence-electron chi connectivity index (χ3n) is 4.23. The van der Waals surface area contributed by atoms with E-state index in [0.29, 0.717) is 18.4 Å². The lowest BCUT2D eigenvalue weighted by Gasteiger charge is -2.20. The zero-order valence-electron chi connectivity index (χ0n) is 13.9. The van der Waals surface area contributed by atoms with Gasteiger partial charge in [0.05, 0.1) is 16.1 Å². The Hall–Kier alpha value is -3.22. The molecule has 0 heterocycles. The second kappa shape index (κ2) is 7.77. The van der Waals surface area contributed by atoms with E-state index in [1.807, 2.05) is 0 Å². The number of hydrogen-bond donors (Lipinski definition) is 0. The zero-order valence-corrected chi connectivity index (χ0v) is 13.9. The minimum Gasteiger partial charge on any atom is -0.455 e. The predicted molar refractivity (Wildman–Crippen MR) is 91.8 cm³/mol. The summed E-state index contributed by atoms with van der Waals surface area (Å²) in [5.74, 6) is -1.04. The lowest BCUT2D eigenvalue weighted by atomic mass is 10.2. The lowest BCUT2D eigenvalue weighted by Crippen LogP contribution is -2.30. The molecule has 134 valence electrons. The van der Waals surface area contributed by atoms with Crippen molar-refractivity contribution in [3.63, 3.8) is 0 Å². The highest BCUT2D eigenvalue weighted by Gasteiger charge is 2.34. The summed E-state index contributed by atoms with van der Waals surface area (Å²) < 4.78 is 11.0. The minimum absolute atomic E-state index is 0.0999. The molecular formula is C19H17NO6. The van der Waals surface area contributed by atoms with E-state index in [4.69, 9.17) is 9.47 Å². The summed E-state index contributed by atoms with van der Waals surface area (Å²) in [7, 11) is 0. The van der Waals surface area contributed by atoms with Crippen molar-refractivity contribution in [1.82, 2.24) is 0 Å². The van der Waals surface area contributed by atoms with E-state index in [1.165, 1.54) is 24.3 Å². The predicted octanol–water partition coefficient (Wildman–Crippen LogP) is 3.53. The molecule has 26 heavy (non-hydrogen) atoms. The van der Waals surface area contributed by atoms with Gasteiger partial charge >= 0.3 is 11.9 Å². The number of carbonyl (C=O) groups excluding carboxylic acids is 2. The fourth-order valence-corrected chi connectivity index (χ4v) is 2.87. The van der Waals surface area contributed by atoms with Gasteiger partial charge in [-0.15, -0.1) is 0 Å². The fraction of sp³-hybridized carbons (Fsp3) is 0.263. The molecule has 0 unspecified atom stereocenters. The van der Waals surface area contributed by atoms with Crippen LogP contribution in [0.25, 0.3) is 0 Å². The van der Waals surface area contributed by atoms with E-state index < -0.39 is 29.1 Å². The van der Waals surface area contributed by atoms with Gasteiger partial charge in [0.2, 0.25) is 0 Å². The summed E-state index contributed by atoms with van der Waals surface area (Å²) in [5, 5.41) is 10.7. The molecule has 2 atom stereocenters. The molecule has 3 rings (SSSR count). The molecule has 0 aromatic heterocycles. The Morgan fingerprint density at radius 1 is 0.846 bits per heavy atom. The van der Waals surface area contributed by atoms with Crippen LogP contribution in [0, 0.1) is 10.1 Å². The Labute approximate surface area is 149 Å². The number of hydrogen-bond acceptors (Lipinski definition) is 6. The monoisotopic (exact) mass is 355 g/mol. The van der Waals surface area contributed by atoms with Gasteiger partial charge in [0, 0.05) is 12.1 Å². The van der Waals surface area contributed by atoms with Crippen molar-refractivity contribution in [1.29, 1.82) is 0 Å². The van der Waals surface area contributed by atoms with Crippen molar-refractivity contribution in [3.8, 4) is 0 Å². The van der Waals surface area contributed by atoms with E-state index in [1.54, 1.807) is 30.3 Å². The number of ether oxygens (including phenoxy) is 2. The van der Waals surface area contributed by atoms with Crippen LogP contribution in [-0.4, -0.2) is 29.1 Å². The van der Waals surface area contributed by atoms with Crippen LogP contribution < -0.4 is 0 Å². The van der Waals surface area contributed by atoms with Gasteiger partial charge in [0.25, 0.3) is 5.69 Å². The van der Waals surface area contributed by atoms with Gasteiger partial charge in [-0.2, -0.15) is 0 Å². The molecule has 0 aliphatic heterocycles. The maximum absolute atomic E-state index is 12.3. The van der Waals surface area contributed by atoms with Crippen molar-refractivity contribution in [2.75, 3.05) is 0 Å². The van der Waals surface area contributed by atoms with Gasteiger partial charge in [-0.3, -0.25) is 10.1 Å². The van der Waals surface area contributed by atoms with Crippen LogP contribution in [0.15, 0.2) is 54.6 Å². The van der Waals surface area contributed by atoms with Gasteiger partial charge < -0.3 is 9.47 Å². The molecule has 0 spiro atoms. The van der Waals surface area contributed by atoms with Crippen LogP contribution in [0.1, 0.15) is 40.0 Å². The zero-order chi connectivity index (χ0) is 18.5. The van der Waals surface area contributed by atoms with Gasteiger partial charge in [-0.25, -0.2) is 9.59 Å². The minimum atomic E-state index is -0.590. The van der Waals surface area contributed by atoms with Crippen LogP contribution in [0.4, 0.5) is 5.69 Å². The summed E-state index contributed by atoms with van der Waals surface area (Å²) >= 11 is 0. The van der Waals surface area contributed by atoms with Crippen LogP contribution in [0.5, 0.6) is 0 Å². The van der Waals surface area contributed by atoms with Gasteiger partial charge in [0.1, 0.15) is 12.2 Å². The van der Waals surface area contributed by atoms with E-state index >= 15 is 0 Å². The molecule has 1 saturated carbocycles. The number of rotatable bonds is 5. The maximum Gasteiger partial charge on any atom is 0.338 e. The first-order valence-corrected chi connectivity index (χ1v) is 8.26. The first-order chi connectivity index (χ1) is 12.5. The fourth-order valence-electron chi connectivity index (χ4n) is 2.87. The number of nitrogens with zero attached hydrogens (tertiary/aromatic N) is 1. The molecular weight excluding hydrogens is 338 g/mol. The number of nitro groups is 1. The molecule has 2 aromatic carbocycles. The highest BCUT2D eigenvalue weighted by atomic mass is 16.6. The molecule has 0 radical (unpaired) electrons. The van der Waals surface area contributed by atoms with E-state index in [-0.39, 0.29) is 11.3 Å². The van der Waals surface area contributed by atoms with Crippen molar-refractivity contribution in [3.05, 3.63) is 75.8 Å². The first kappa shape index (κ1) is 17.6. The molecule has 0 saturated heterocycles. The Morgan fingerprint density at radius 3 is 1.85 bits per heavy atom. The maximum atomic E-state index is 12.3. The number of carbonyl (C=O) groups is 2.